The van der Waals surface area contributed by atoms with Crippen LogP contribution in [0.15, 0.2) is 24.3 Å². The van der Waals surface area contributed by atoms with E-state index in [1.807, 2.05) is 32.9 Å². The van der Waals surface area contributed by atoms with Gasteiger partial charge in [-0.1, -0.05) is 6.07 Å². The van der Waals surface area contributed by atoms with E-state index in [1.54, 1.807) is 17.0 Å². The van der Waals surface area contributed by atoms with E-state index in [-0.39, 0.29) is 6.09 Å². The van der Waals surface area contributed by atoms with E-state index in [0.29, 0.717) is 31.2 Å². The maximum atomic E-state index is 12.0. The van der Waals surface area contributed by atoms with E-state index in [9.17, 15) is 4.79 Å². The summed E-state index contributed by atoms with van der Waals surface area (Å²) in [6.45, 7) is 7.63. The van der Waals surface area contributed by atoms with Crippen molar-refractivity contribution >= 4 is 6.09 Å². The van der Waals surface area contributed by atoms with Gasteiger partial charge in [0.25, 0.3) is 0 Å². The summed E-state index contributed by atoms with van der Waals surface area (Å²) in [6, 6.07) is 9.28. The molecule has 1 aliphatic rings. The Balaban J connectivity index is 1.76. The summed E-state index contributed by atoms with van der Waals surface area (Å²) in [6.07, 6.45) is 1.56. The fourth-order valence-electron chi connectivity index (χ4n) is 2.48. The Morgan fingerprint density at radius 3 is 2.65 bits per heavy atom. The SMILES string of the molecule is CC(C)(C)OC(=O)N1CCC(COc2cccc(C#N)c2)CC1. The minimum Gasteiger partial charge on any atom is -0.493 e. The molecule has 0 atom stereocenters. The third kappa shape index (κ3) is 5.48. The topological polar surface area (TPSA) is 62.6 Å². The fraction of sp³-hybridized carbons (Fsp3) is 0.556. The fourth-order valence-corrected chi connectivity index (χ4v) is 2.48. The lowest BCUT2D eigenvalue weighted by molar-refractivity contribution is 0.0165. The normalized spacial score (nSPS) is 15.8. The van der Waals surface area contributed by atoms with Crippen LogP contribution in [0, 0.1) is 17.2 Å². The zero-order valence-electron chi connectivity index (χ0n) is 14.0. The largest absolute Gasteiger partial charge is 0.493 e. The summed E-state index contributed by atoms with van der Waals surface area (Å²) < 4.78 is 11.2. The van der Waals surface area contributed by atoms with Gasteiger partial charge in [0.1, 0.15) is 11.4 Å². The highest BCUT2D eigenvalue weighted by atomic mass is 16.6. The van der Waals surface area contributed by atoms with E-state index in [1.165, 1.54) is 0 Å². The Labute approximate surface area is 137 Å². The molecule has 1 saturated heterocycles. The number of nitriles is 1. The Kier molecular flexibility index (Phi) is 5.49. The highest BCUT2D eigenvalue weighted by Gasteiger charge is 2.27. The average Bonchev–Trinajstić information content (AvgIpc) is 2.52. The smallest absolute Gasteiger partial charge is 0.410 e. The molecule has 0 saturated carbocycles. The van der Waals surface area contributed by atoms with Crippen LogP contribution in [0.3, 0.4) is 0 Å². The van der Waals surface area contributed by atoms with E-state index < -0.39 is 5.60 Å². The minimum atomic E-state index is -0.456. The van der Waals surface area contributed by atoms with Crippen molar-refractivity contribution < 1.29 is 14.3 Å². The number of nitrogens with zero attached hydrogens (tertiary/aromatic N) is 2. The molecule has 0 spiro atoms. The average molecular weight is 316 g/mol. The molecule has 0 unspecified atom stereocenters. The van der Waals surface area contributed by atoms with Gasteiger partial charge in [0, 0.05) is 13.1 Å². The quantitative estimate of drug-likeness (QED) is 0.855. The van der Waals surface area contributed by atoms with Crippen molar-refractivity contribution in [3.8, 4) is 11.8 Å². The van der Waals surface area contributed by atoms with Crippen LogP contribution in [-0.2, 0) is 4.74 Å². The van der Waals surface area contributed by atoms with E-state index in [4.69, 9.17) is 14.7 Å². The molecule has 0 aromatic heterocycles. The Bertz CT molecular complexity index is 579. The molecule has 0 aliphatic carbocycles. The van der Waals surface area contributed by atoms with Gasteiger partial charge in [-0.25, -0.2) is 4.79 Å². The highest BCUT2D eigenvalue weighted by molar-refractivity contribution is 5.68. The molecule has 1 aliphatic heterocycles. The van der Waals surface area contributed by atoms with Crippen LogP contribution >= 0.6 is 0 Å². The molecular weight excluding hydrogens is 292 g/mol. The standard InChI is InChI=1S/C18H24N2O3/c1-18(2,3)23-17(21)20-9-7-14(8-10-20)13-22-16-6-4-5-15(11-16)12-19/h4-6,11,14H,7-10,13H2,1-3H3. The first kappa shape index (κ1) is 17.1. The van der Waals surface area contributed by atoms with Crippen molar-refractivity contribution in [3.63, 3.8) is 0 Å². The zero-order valence-corrected chi connectivity index (χ0v) is 14.0. The molecule has 1 aromatic carbocycles. The number of hydrogen-bond acceptors (Lipinski definition) is 4. The Hall–Kier alpha value is -2.22. The lowest BCUT2D eigenvalue weighted by Gasteiger charge is -2.33. The Morgan fingerprint density at radius 2 is 2.04 bits per heavy atom. The first-order valence-electron chi connectivity index (χ1n) is 7.98. The molecular formula is C18H24N2O3. The monoisotopic (exact) mass is 316 g/mol. The maximum absolute atomic E-state index is 12.0. The van der Waals surface area contributed by atoms with Gasteiger partial charge in [-0.15, -0.1) is 0 Å². The second kappa shape index (κ2) is 7.36. The molecule has 1 fully saturated rings. The summed E-state index contributed by atoms with van der Waals surface area (Å²) in [4.78, 5) is 13.8. The van der Waals surface area contributed by atoms with Crippen molar-refractivity contribution in [1.82, 2.24) is 4.90 Å². The van der Waals surface area contributed by atoms with E-state index >= 15 is 0 Å². The summed E-state index contributed by atoms with van der Waals surface area (Å²) in [5.74, 6) is 1.14. The molecule has 23 heavy (non-hydrogen) atoms. The van der Waals surface area contributed by atoms with Gasteiger partial charge in [0.15, 0.2) is 0 Å². The maximum Gasteiger partial charge on any atom is 0.410 e. The molecule has 0 radical (unpaired) electrons. The molecule has 1 aromatic rings. The van der Waals surface area contributed by atoms with Crippen LogP contribution < -0.4 is 4.74 Å². The van der Waals surface area contributed by atoms with Gasteiger partial charge in [-0.3, -0.25) is 0 Å². The summed E-state index contributed by atoms with van der Waals surface area (Å²) in [5, 5.41) is 8.89. The molecule has 2 rings (SSSR count). The third-order valence-electron chi connectivity index (χ3n) is 3.72. The van der Waals surface area contributed by atoms with Gasteiger partial charge in [-0.05, 0) is 57.7 Å². The van der Waals surface area contributed by atoms with E-state index in [0.717, 1.165) is 18.6 Å². The van der Waals surface area contributed by atoms with Crippen molar-refractivity contribution in [2.45, 2.75) is 39.2 Å². The number of hydrogen-bond donors (Lipinski definition) is 0. The summed E-state index contributed by atoms with van der Waals surface area (Å²) in [7, 11) is 0. The van der Waals surface area contributed by atoms with Crippen molar-refractivity contribution in [3.05, 3.63) is 29.8 Å². The number of ether oxygens (including phenoxy) is 2. The van der Waals surface area contributed by atoms with Crippen molar-refractivity contribution in [2.75, 3.05) is 19.7 Å². The third-order valence-corrected chi connectivity index (χ3v) is 3.72. The molecule has 124 valence electrons. The number of likely N-dealkylation sites (tertiary alicyclic amines) is 1. The number of carbonyl (C=O) groups excluding carboxylic acids is 1. The minimum absolute atomic E-state index is 0.237. The first-order chi connectivity index (χ1) is 10.9. The lowest BCUT2D eigenvalue weighted by atomic mass is 9.98. The molecule has 5 heteroatoms. The van der Waals surface area contributed by atoms with Crippen molar-refractivity contribution in [1.29, 1.82) is 5.26 Å². The number of benzene rings is 1. The molecule has 1 heterocycles. The first-order valence-corrected chi connectivity index (χ1v) is 7.98. The van der Waals surface area contributed by atoms with Gasteiger partial charge in [0.2, 0.25) is 0 Å². The van der Waals surface area contributed by atoms with E-state index in [2.05, 4.69) is 6.07 Å². The number of rotatable bonds is 3. The van der Waals surface area contributed by atoms with Crippen LogP contribution in [0.25, 0.3) is 0 Å². The molecule has 0 N–H and O–H groups in total. The van der Waals surface area contributed by atoms with Crippen LogP contribution in [0.5, 0.6) is 5.75 Å². The second-order valence-electron chi connectivity index (χ2n) is 6.86. The predicted molar refractivity (Wildman–Crippen MR) is 87.2 cm³/mol. The summed E-state index contributed by atoms with van der Waals surface area (Å²) >= 11 is 0. The van der Waals surface area contributed by atoms with Gasteiger partial charge in [-0.2, -0.15) is 5.26 Å². The predicted octanol–water partition coefficient (Wildman–Crippen LogP) is 3.58. The second-order valence-corrected chi connectivity index (χ2v) is 6.86. The van der Waals surface area contributed by atoms with Crippen molar-refractivity contribution in [2.24, 2.45) is 5.92 Å². The van der Waals surface area contributed by atoms with Gasteiger partial charge < -0.3 is 14.4 Å². The lowest BCUT2D eigenvalue weighted by Crippen LogP contribution is -2.42. The number of piperidine rings is 1. The number of carbonyl (C=O) groups is 1. The van der Waals surface area contributed by atoms with Crippen LogP contribution in [0.1, 0.15) is 39.2 Å². The van der Waals surface area contributed by atoms with Gasteiger partial charge >= 0.3 is 6.09 Å². The van der Waals surface area contributed by atoms with Crippen LogP contribution in [0.2, 0.25) is 0 Å². The number of amides is 1. The molecule has 5 nitrogen and oxygen atoms in total. The zero-order chi connectivity index (χ0) is 16.9. The highest BCUT2D eigenvalue weighted by Crippen LogP contribution is 2.21. The molecule has 1 amide bonds. The summed E-state index contributed by atoms with van der Waals surface area (Å²) in [5.41, 5.74) is 0.144. The molecule has 0 bridgehead atoms. The van der Waals surface area contributed by atoms with Crippen LogP contribution in [-0.4, -0.2) is 36.3 Å². The van der Waals surface area contributed by atoms with Gasteiger partial charge in [0.05, 0.1) is 18.2 Å². The van der Waals surface area contributed by atoms with Crippen LogP contribution in [0.4, 0.5) is 4.79 Å². The Morgan fingerprint density at radius 1 is 1.35 bits per heavy atom.